The zero-order chi connectivity index (χ0) is 18.1. The normalized spacial score (nSPS) is 15.8. The van der Waals surface area contributed by atoms with E-state index in [1.807, 2.05) is 13.0 Å². The molecule has 3 aromatic rings. The summed E-state index contributed by atoms with van der Waals surface area (Å²) in [6, 6.07) is 6.24. The second-order valence-corrected chi connectivity index (χ2v) is 6.53. The van der Waals surface area contributed by atoms with Gasteiger partial charge in [-0.25, -0.2) is 4.68 Å². The van der Waals surface area contributed by atoms with Gasteiger partial charge in [0.15, 0.2) is 5.78 Å². The summed E-state index contributed by atoms with van der Waals surface area (Å²) in [6.45, 7) is 5.64. The first kappa shape index (κ1) is 16.4. The van der Waals surface area contributed by atoms with Crippen molar-refractivity contribution in [2.45, 2.75) is 38.5 Å². The predicted molar refractivity (Wildman–Crippen MR) is 97.7 cm³/mol. The Morgan fingerprint density at radius 3 is 3.08 bits per heavy atom. The number of aromatic nitrogens is 4. The van der Waals surface area contributed by atoms with Crippen molar-refractivity contribution in [3.05, 3.63) is 59.8 Å². The quantitative estimate of drug-likeness (QED) is 0.632. The predicted octanol–water partition coefficient (Wildman–Crippen LogP) is 3.90. The Morgan fingerprint density at radius 1 is 1.46 bits per heavy atom. The summed E-state index contributed by atoms with van der Waals surface area (Å²) in [6.07, 6.45) is 8.06. The van der Waals surface area contributed by atoms with Crippen LogP contribution in [0.25, 0.3) is 17.6 Å². The molecule has 1 aliphatic rings. The Bertz CT molecular complexity index is 970. The Kier molecular flexibility index (Phi) is 4.24. The Labute approximate surface area is 151 Å². The van der Waals surface area contributed by atoms with Gasteiger partial charge >= 0.3 is 0 Å². The van der Waals surface area contributed by atoms with Crippen molar-refractivity contribution in [2.24, 2.45) is 0 Å². The summed E-state index contributed by atoms with van der Waals surface area (Å²) < 4.78 is 6.75. The van der Waals surface area contributed by atoms with Crippen LogP contribution in [-0.2, 0) is 12.8 Å². The number of aryl methyl sites for hydroxylation is 2. The van der Waals surface area contributed by atoms with Gasteiger partial charge in [0.05, 0.1) is 11.8 Å². The number of benzene rings is 1. The third-order valence-corrected chi connectivity index (χ3v) is 4.92. The van der Waals surface area contributed by atoms with E-state index in [0.717, 1.165) is 24.8 Å². The second kappa shape index (κ2) is 6.71. The standard InChI is InChI=1S/C20H20N4O2/c1-3-19-22-20(23-26-19)15-7-8-17-13(9-15)5-6-14(17)10-18(25)16-11-21-24(4-2)12-16/h4,7-9,11-12,14H,2-3,5-6,10H2,1H3/t14-/m0/s1. The van der Waals surface area contributed by atoms with Crippen molar-refractivity contribution in [1.29, 1.82) is 0 Å². The van der Waals surface area contributed by atoms with E-state index in [2.05, 4.69) is 34.0 Å². The van der Waals surface area contributed by atoms with Gasteiger partial charge in [0, 0.05) is 30.8 Å². The highest BCUT2D eigenvalue weighted by Gasteiger charge is 2.26. The minimum Gasteiger partial charge on any atom is -0.339 e. The molecule has 2 heterocycles. The molecule has 1 aliphatic carbocycles. The Balaban J connectivity index is 1.52. The third kappa shape index (κ3) is 2.98. The van der Waals surface area contributed by atoms with Crippen molar-refractivity contribution in [1.82, 2.24) is 19.9 Å². The van der Waals surface area contributed by atoms with Gasteiger partial charge in [0.25, 0.3) is 0 Å². The molecule has 0 saturated carbocycles. The van der Waals surface area contributed by atoms with Crippen LogP contribution in [-0.4, -0.2) is 25.7 Å². The van der Waals surface area contributed by atoms with E-state index in [4.69, 9.17) is 4.52 Å². The van der Waals surface area contributed by atoms with Crippen LogP contribution in [0.3, 0.4) is 0 Å². The lowest BCUT2D eigenvalue weighted by Gasteiger charge is -2.10. The molecule has 1 aromatic carbocycles. The van der Waals surface area contributed by atoms with Crippen molar-refractivity contribution in [2.75, 3.05) is 0 Å². The number of hydrogen-bond acceptors (Lipinski definition) is 5. The van der Waals surface area contributed by atoms with Crippen molar-refractivity contribution in [3.8, 4) is 11.4 Å². The van der Waals surface area contributed by atoms with Crippen LogP contribution in [0.1, 0.15) is 53.1 Å². The summed E-state index contributed by atoms with van der Waals surface area (Å²) in [4.78, 5) is 16.9. The maximum Gasteiger partial charge on any atom is 0.226 e. The summed E-state index contributed by atoms with van der Waals surface area (Å²) >= 11 is 0. The first-order valence-electron chi connectivity index (χ1n) is 8.83. The molecule has 0 amide bonds. The first-order chi connectivity index (χ1) is 12.7. The van der Waals surface area contributed by atoms with Gasteiger partial charge in [-0.15, -0.1) is 0 Å². The summed E-state index contributed by atoms with van der Waals surface area (Å²) in [5.41, 5.74) is 4.11. The molecule has 6 nitrogen and oxygen atoms in total. The largest absolute Gasteiger partial charge is 0.339 e. The van der Waals surface area contributed by atoms with E-state index in [-0.39, 0.29) is 11.7 Å². The molecule has 0 N–H and O–H groups in total. The summed E-state index contributed by atoms with van der Waals surface area (Å²) in [7, 11) is 0. The molecule has 2 aromatic heterocycles. The van der Waals surface area contributed by atoms with Crippen molar-refractivity contribution in [3.63, 3.8) is 0 Å². The highest BCUT2D eigenvalue weighted by atomic mass is 16.5. The lowest BCUT2D eigenvalue weighted by Crippen LogP contribution is -2.04. The van der Waals surface area contributed by atoms with Gasteiger partial charge in [-0.05, 0) is 36.0 Å². The van der Waals surface area contributed by atoms with Crippen LogP contribution in [0.5, 0.6) is 0 Å². The average Bonchev–Trinajstić information content (AvgIpc) is 3.40. The topological polar surface area (TPSA) is 73.8 Å². The molecular formula is C20H20N4O2. The van der Waals surface area contributed by atoms with Crippen LogP contribution in [0.15, 0.2) is 41.7 Å². The number of carbonyl (C=O) groups excluding carboxylic acids is 1. The fraction of sp³-hybridized carbons (Fsp3) is 0.300. The van der Waals surface area contributed by atoms with E-state index in [1.54, 1.807) is 23.3 Å². The highest BCUT2D eigenvalue weighted by molar-refractivity contribution is 5.96. The molecule has 0 aliphatic heterocycles. The van der Waals surface area contributed by atoms with E-state index in [9.17, 15) is 4.79 Å². The minimum atomic E-state index is 0.116. The molecule has 0 bridgehead atoms. The summed E-state index contributed by atoms with van der Waals surface area (Å²) in [5.74, 6) is 1.63. The minimum absolute atomic E-state index is 0.116. The zero-order valence-electron chi connectivity index (χ0n) is 14.7. The van der Waals surface area contributed by atoms with Gasteiger partial charge < -0.3 is 4.52 Å². The zero-order valence-corrected chi connectivity index (χ0v) is 14.7. The molecule has 132 valence electrons. The molecule has 1 atom stereocenters. The SMILES string of the molecule is C=Cn1cc(C(=O)C[C@@H]2CCc3cc(-c4noc(CC)n4)ccc32)cn1. The smallest absolute Gasteiger partial charge is 0.226 e. The van der Waals surface area contributed by atoms with Gasteiger partial charge in [-0.2, -0.15) is 10.1 Å². The van der Waals surface area contributed by atoms with E-state index < -0.39 is 0 Å². The molecule has 0 radical (unpaired) electrons. The monoisotopic (exact) mass is 348 g/mol. The lowest BCUT2D eigenvalue weighted by atomic mass is 9.93. The highest BCUT2D eigenvalue weighted by Crippen LogP contribution is 2.38. The number of rotatable bonds is 6. The Hall–Kier alpha value is -3.02. The molecule has 6 heteroatoms. The van der Waals surface area contributed by atoms with E-state index in [0.29, 0.717) is 23.7 Å². The van der Waals surface area contributed by atoms with Gasteiger partial charge in [0.2, 0.25) is 11.7 Å². The molecule has 0 saturated heterocycles. The van der Waals surface area contributed by atoms with Crippen molar-refractivity contribution < 1.29 is 9.32 Å². The molecule has 26 heavy (non-hydrogen) atoms. The Morgan fingerprint density at radius 2 is 2.35 bits per heavy atom. The lowest BCUT2D eigenvalue weighted by molar-refractivity contribution is 0.0973. The number of ketones is 1. The van der Waals surface area contributed by atoms with Crippen LogP contribution < -0.4 is 0 Å². The fourth-order valence-corrected chi connectivity index (χ4v) is 3.50. The maximum absolute atomic E-state index is 12.5. The van der Waals surface area contributed by atoms with Gasteiger partial charge in [-0.1, -0.05) is 30.8 Å². The number of carbonyl (C=O) groups is 1. The van der Waals surface area contributed by atoms with Crippen LogP contribution in [0, 0.1) is 0 Å². The second-order valence-electron chi connectivity index (χ2n) is 6.53. The fourth-order valence-electron chi connectivity index (χ4n) is 3.50. The number of Topliss-reactive ketones (excluding diaryl/α,β-unsaturated/α-hetero) is 1. The average molecular weight is 348 g/mol. The van der Waals surface area contributed by atoms with Crippen LogP contribution >= 0.6 is 0 Å². The molecule has 0 fully saturated rings. The molecule has 0 unspecified atom stereocenters. The van der Waals surface area contributed by atoms with Crippen molar-refractivity contribution >= 4 is 12.0 Å². The van der Waals surface area contributed by atoms with E-state index >= 15 is 0 Å². The third-order valence-electron chi connectivity index (χ3n) is 4.92. The summed E-state index contributed by atoms with van der Waals surface area (Å²) in [5, 5.41) is 8.13. The number of hydrogen-bond donors (Lipinski definition) is 0. The molecular weight excluding hydrogens is 328 g/mol. The number of fused-ring (bicyclic) bond motifs is 1. The van der Waals surface area contributed by atoms with Gasteiger partial charge in [-0.3, -0.25) is 4.79 Å². The van der Waals surface area contributed by atoms with Gasteiger partial charge in [0.1, 0.15) is 0 Å². The first-order valence-corrected chi connectivity index (χ1v) is 8.83. The van der Waals surface area contributed by atoms with Crippen LogP contribution in [0.2, 0.25) is 0 Å². The van der Waals surface area contributed by atoms with Crippen LogP contribution in [0.4, 0.5) is 0 Å². The number of nitrogens with zero attached hydrogens (tertiary/aromatic N) is 4. The molecule has 0 spiro atoms. The molecule has 4 rings (SSSR count). The van der Waals surface area contributed by atoms with E-state index in [1.165, 1.54) is 11.1 Å². The maximum atomic E-state index is 12.5.